The van der Waals surface area contributed by atoms with Crippen LogP contribution in [-0.4, -0.2) is 18.1 Å². The van der Waals surface area contributed by atoms with E-state index in [0.717, 1.165) is 36.2 Å². The molecule has 0 unspecified atom stereocenters. The first-order chi connectivity index (χ1) is 12.8. The molecular weight excluding hydrogens is 342 g/mol. The average Bonchev–Trinajstić information content (AvgIpc) is 2.67. The van der Waals surface area contributed by atoms with E-state index < -0.39 is 0 Å². The van der Waals surface area contributed by atoms with Gasteiger partial charge in [0.25, 0.3) is 0 Å². The number of aromatic nitrogens is 1. The predicted molar refractivity (Wildman–Crippen MR) is 111 cm³/mol. The Kier molecular flexibility index (Phi) is 5.00. The number of hydrogen-bond acceptors (Lipinski definition) is 3. The molecule has 130 valence electrons. The second kappa shape index (κ2) is 7.73. The summed E-state index contributed by atoms with van der Waals surface area (Å²) in [7, 11) is 0. The van der Waals surface area contributed by atoms with Crippen molar-refractivity contribution in [2.45, 2.75) is 6.54 Å². The number of fused-ring (bicyclic) bond motifs is 2. The summed E-state index contributed by atoms with van der Waals surface area (Å²) < 4.78 is 0. The van der Waals surface area contributed by atoms with Gasteiger partial charge in [-0.05, 0) is 40.6 Å². The van der Waals surface area contributed by atoms with Crippen LogP contribution >= 0.6 is 11.6 Å². The molecule has 0 spiro atoms. The van der Waals surface area contributed by atoms with Gasteiger partial charge in [-0.15, -0.1) is 0 Å². The lowest BCUT2D eigenvalue weighted by molar-refractivity contribution is 0.710. The van der Waals surface area contributed by atoms with Crippen LogP contribution in [0.4, 0.5) is 5.69 Å². The second-order valence-electron chi connectivity index (χ2n) is 6.26. The van der Waals surface area contributed by atoms with Gasteiger partial charge in [0.1, 0.15) is 0 Å². The van der Waals surface area contributed by atoms with E-state index in [0.29, 0.717) is 5.02 Å². The first-order valence-corrected chi connectivity index (χ1v) is 9.14. The Labute approximate surface area is 158 Å². The summed E-state index contributed by atoms with van der Waals surface area (Å²) in [4.78, 5) is 4.38. The molecular formula is C22H20ClN3. The molecule has 0 fully saturated rings. The molecule has 2 N–H and O–H groups in total. The molecule has 0 bridgehead atoms. The lowest BCUT2D eigenvalue weighted by atomic mass is 10.0. The maximum absolute atomic E-state index is 6.05. The maximum Gasteiger partial charge on any atom is 0.0737 e. The van der Waals surface area contributed by atoms with E-state index in [9.17, 15) is 0 Å². The minimum Gasteiger partial charge on any atom is -0.383 e. The number of halogens is 1. The van der Waals surface area contributed by atoms with Gasteiger partial charge >= 0.3 is 0 Å². The zero-order valence-corrected chi connectivity index (χ0v) is 15.1. The monoisotopic (exact) mass is 361 g/mol. The summed E-state index contributed by atoms with van der Waals surface area (Å²) in [5, 5.41) is 11.4. The van der Waals surface area contributed by atoms with Gasteiger partial charge in [-0.3, -0.25) is 4.98 Å². The van der Waals surface area contributed by atoms with E-state index >= 15 is 0 Å². The van der Waals surface area contributed by atoms with Crippen LogP contribution in [0.5, 0.6) is 0 Å². The Balaban J connectivity index is 1.36. The van der Waals surface area contributed by atoms with Crippen molar-refractivity contribution in [3.05, 3.63) is 83.5 Å². The number of hydrogen-bond donors (Lipinski definition) is 2. The summed E-state index contributed by atoms with van der Waals surface area (Å²) in [6.07, 6.45) is 1.81. The number of rotatable bonds is 6. The largest absolute Gasteiger partial charge is 0.383 e. The third kappa shape index (κ3) is 3.64. The minimum absolute atomic E-state index is 0.707. The molecule has 1 heterocycles. The van der Waals surface area contributed by atoms with E-state index in [1.807, 2.05) is 30.5 Å². The number of nitrogens with zero attached hydrogens (tertiary/aromatic N) is 1. The van der Waals surface area contributed by atoms with Crippen molar-refractivity contribution in [1.82, 2.24) is 10.3 Å². The van der Waals surface area contributed by atoms with E-state index in [-0.39, 0.29) is 0 Å². The molecule has 26 heavy (non-hydrogen) atoms. The fourth-order valence-corrected chi connectivity index (χ4v) is 3.40. The third-order valence-electron chi connectivity index (χ3n) is 4.52. The summed E-state index contributed by atoms with van der Waals surface area (Å²) in [5.74, 6) is 0. The van der Waals surface area contributed by atoms with Crippen LogP contribution < -0.4 is 10.6 Å². The highest BCUT2D eigenvalue weighted by Crippen LogP contribution is 2.24. The van der Waals surface area contributed by atoms with Crippen LogP contribution in [0.25, 0.3) is 21.7 Å². The van der Waals surface area contributed by atoms with Crippen molar-refractivity contribution >= 4 is 39.0 Å². The topological polar surface area (TPSA) is 37.0 Å². The van der Waals surface area contributed by atoms with E-state index in [2.05, 4.69) is 58.1 Å². The van der Waals surface area contributed by atoms with Crippen LogP contribution in [0.15, 0.2) is 72.9 Å². The number of anilines is 1. The fraction of sp³-hybridized carbons (Fsp3) is 0.136. The molecule has 4 aromatic rings. The lowest BCUT2D eigenvalue weighted by Gasteiger charge is -2.11. The molecule has 4 rings (SSSR count). The molecule has 0 radical (unpaired) electrons. The smallest absolute Gasteiger partial charge is 0.0737 e. The quantitative estimate of drug-likeness (QED) is 0.461. The molecule has 0 saturated carbocycles. The zero-order chi connectivity index (χ0) is 17.8. The zero-order valence-electron chi connectivity index (χ0n) is 14.4. The highest BCUT2D eigenvalue weighted by Gasteiger charge is 2.03. The highest BCUT2D eigenvalue weighted by molar-refractivity contribution is 6.31. The van der Waals surface area contributed by atoms with Gasteiger partial charge in [0.05, 0.1) is 5.52 Å². The van der Waals surface area contributed by atoms with Crippen LogP contribution in [-0.2, 0) is 6.54 Å². The van der Waals surface area contributed by atoms with Crippen LogP contribution in [0.3, 0.4) is 0 Å². The summed E-state index contributed by atoms with van der Waals surface area (Å²) >= 11 is 6.05. The van der Waals surface area contributed by atoms with E-state index in [4.69, 9.17) is 11.6 Å². The highest BCUT2D eigenvalue weighted by atomic mass is 35.5. The normalized spacial score (nSPS) is 11.1. The fourth-order valence-electron chi connectivity index (χ4n) is 3.23. The Morgan fingerprint density at radius 2 is 1.73 bits per heavy atom. The van der Waals surface area contributed by atoms with Crippen molar-refractivity contribution in [3.8, 4) is 0 Å². The lowest BCUT2D eigenvalue weighted by Crippen LogP contribution is -2.22. The van der Waals surface area contributed by atoms with Crippen molar-refractivity contribution in [2.24, 2.45) is 0 Å². The van der Waals surface area contributed by atoms with Crippen LogP contribution in [0.1, 0.15) is 5.56 Å². The van der Waals surface area contributed by atoms with Crippen molar-refractivity contribution < 1.29 is 0 Å². The molecule has 0 aliphatic carbocycles. The average molecular weight is 362 g/mol. The van der Waals surface area contributed by atoms with Gasteiger partial charge < -0.3 is 10.6 Å². The molecule has 0 aliphatic heterocycles. The molecule has 3 aromatic carbocycles. The maximum atomic E-state index is 6.05. The Morgan fingerprint density at radius 1 is 0.846 bits per heavy atom. The van der Waals surface area contributed by atoms with Gasteiger partial charge in [-0.2, -0.15) is 0 Å². The standard InChI is InChI=1S/C22H20ClN3/c23-18-8-9-20-21(10-11-25-22(20)14-18)26-13-12-24-15-17-6-3-5-16-4-1-2-7-19(16)17/h1-11,14,24H,12-13,15H2,(H,25,26). The molecule has 0 aliphatic rings. The molecule has 4 heteroatoms. The molecule has 0 amide bonds. The Hall–Kier alpha value is -2.62. The Bertz CT molecular complexity index is 1040. The van der Waals surface area contributed by atoms with Crippen LogP contribution in [0.2, 0.25) is 5.02 Å². The van der Waals surface area contributed by atoms with Gasteiger partial charge in [-0.1, -0.05) is 54.1 Å². The van der Waals surface area contributed by atoms with Gasteiger partial charge in [0.15, 0.2) is 0 Å². The van der Waals surface area contributed by atoms with Crippen LogP contribution in [0, 0.1) is 0 Å². The summed E-state index contributed by atoms with van der Waals surface area (Å²) in [5.41, 5.74) is 3.32. The van der Waals surface area contributed by atoms with E-state index in [1.54, 1.807) is 0 Å². The number of nitrogens with one attached hydrogen (secondary N) is 2. The second-order valence-corrected chi connectivity index (χ2v) is 6.70. The molecule has 3 nitrogen and oxygen atoms in total. The SMILES string of the molecule is Clc1ccc2c(NCCNCc3cccc4ccccc34)ccnc2c1. The van der Waals surface area contributed by atoms with Crippen molar-refractivity contribution in [3.63, 3.8) is 0 Å². The Morgan fingerprint density at radius 3 is 2.69 bits per heavy atom. The summed E-state index contributed by atoms with van der Waals surface area (Å²) in [6.45, 7) is 2.57. The molecule has 0 atom stereocenters. The third-order valence-corrected chi connectivity index (χ3v) is 4.75. The van der Waals surface area contributed by atoms with Gasteiger partial charge in [-0.25, -0.2) is 0 Å². The van der Waals surface area contributed by atoms with Gasteiger partial charge in [0.2, 0.25) is 0 Å². The number of benzene rings is 3. The minimum atomic E-state index is 0.707. The number of pyridine rings is 1. The van der Waals surface area contributed by atoms with Gasteiger partial charge in [0, 0.05) is 41.9 Å². The molecule has 1 aromatic heterocycles. The van der Waals surface area contributed by atoms with Crippen molar-refractivity contribution in [2.75, 3.05) is 18.4 Å². The van der Waals surface area contributed by atoms with Crippen molar-refractivity contribution in [1.29, 1.82) is 0 Å². The summed E-state index contributed by atoms with van der Waals surface area (Å²) in [6, 6.07) is 22.8. The van der Waals surface area contributed by atoms with E-state index in [1.165, 1.54) is 16.3 Å². The first kappa shape index (κ1) is 16.8. The first-order valence-electron chi connectivity index (χ1n) is 8.77. The molecule has 0 saturated heterocycles. The predicted octanol–water partition coefficient (Wildman–Crippen LogP) is 5.24.